The molecule has 3 heterocycles. The standard InChI is InChI=1S/C24H31N3O5/c28-22-9-8-20(23(29)25-22)27-15-16-14-17(6-7-18(16)24(27)30)32-21-5-3-1-2-4-19(21)26-10-12-31-13-11-26/h6-7,14,19-21H,1-5,8-13,15H2,(H,25,28,29)/t19-,20?,21-/m1/s1. The molecular formula is C24H31N3O5. The lowest BCUT2D eigenvalue weighted by Gasteiger charge is -2.38. The van der Waals surface area contributed by atoms with E-state index in [1.54, 1.807) is 4.90 Å². The minimum Gasteiger partial charge on any atom is -0.489 e. The number of morpholine rings is 1. The van der Waals surface area contributed by atoms with Crippen LogP contribution in [0.15, 0.2) is 18.2 Å². The zero-order chi connectivity index (χ0) is 22.1. The zero-order valence-electron chi connectivity index (χ0n) is 18.4. The normalized spacial score (nSPS) is 29.4. The van der Waals surface area contributed by atoms with Crippen molar-refractivity contribution in [2.45, 2.75) is 69.7 Å². The largest absolute Gasteiger partial charge is 0.489 e. The van der Waals surface area contributed by atoms with Gasteiger partial charge in [0.05, 0.1) is 13.2 Å². The van der Waals surface area contributed by atoms with Crippen molar-refractivity contribution in [2.75, 3.05) is 26.3 Å². The maximum Gasteiger partial charge on any atom is 0.255 e. The van der Waals surface area contributed by atoms with Crippen LogP contribution in [0.1, 0.15) is 60.9 Å². The summed E-state index contributed by atoms with van der Waals surface area (Å²) in [5.74, 6) is -0.0245. The lowest BCUT2D eigenvalue weighted by Crippen LogP contribution is -2.52. The molecule has 2 saturated heterocycles. The molecule has 32 heavy (non-hydrogen) atoms. The van der Waals surface area contributed by atoms with Crippen molar-refractivity contribution in [2.24, 2.45) is 0 Å². The molecule has 5 rings (SSSR count). The highest BCUT2D eigenvalue weighted by Crippen LogP contribution is 2.32. The molecule has 3 atom stereocenters. The van der Waals surface area contributed by atoms with E-state index in [1.807, 2.05) is 18.2 Å². The van der Waals surface area contributed by atoms with Gasteiger partial charge in [-0.1, -0.05) is 12.8 Å². The Morgan fingerprint density at radius 2 is 1.81 bits per heavy atom. The van der Waals surface area contributed by atoms with Gasteiger partial charge in [-0.25, -0.2) is 0 Å². The second-order valence-corrected chi connectivity index (χ2v) is 9.23. The Morgan fingerprint density at radius 3 is 2.62 bits per heavy atom. The second kappa shape index (κ2) is 9.19. The third kappa shape index (κ3) is 4.26. The third-order valence-corrected chi connectivity index (χ3v) is 7.21. The number of carbonyl (C=O) groups is 3. The summed E-state index contributed by atoms with van der Waals surface area (Å²) in [6.45, 7) is 3.82. The van der Waals surface area contributed by atoms with Gasteiger partial charge < -0.3 is 14.4 Å². The number of rotatable bonds is 4. The average Bonchev–Trinajstić information content (AvgIpc) is 2.95. The molecule has 8 heteroatoms. The topological polar surface area (TPSA) is 88.2 Å². The second-order valence-electron chi connectivity index (χ2n) is 9.23. The number of ether oxygens (including phenoxy) is 2. The quantitative estimate of drug-likeness (QED) is 0.567. The van der Waals surface area contributed by atoms with Crippen molar-refractivity contribution in [1.82, 2.24) is 15.1 Å². The predicted molar refractivity (Wildman–Crippen MR) is 116 cm³/mol. The number of fused-ring (bicyclic) bond motifs is 1. The molecule has 1 aromatic carbocycles. The predicted octanol–water partition coefficient (Wildman–Crippen LogP) is 1.86. The molecule has 8 nitrogen and oxygen atoms in total. The van der Waals surface area contributed by atoms with Gasteiger partial charge in [-0.3, -0.25) is 24.6 Å². The van der Waals surface area contributed by atoms with Crippen molar-refractivity contribution in [3.63, 3.8) is 0 Å². The maximum atomic E-state index is 12.9. The minimum atomic E-state index is -0.593. The van der Waals surface area contributed by atoms with Gasteiger partial charge in [-0.2, -0.15) is 0 Å². The fourth-order valence-corrected chi connectivity index (χ4v) is 5.52. The van der Waals surface area contributed by atoms with E-state index in [0.717, 1.165) is 56.9 Å². The van der Waals surface area contributed by atoms with Crippen molar-refractivity contribution < 1.29 is 23.9 Å². The number of benzene rings is 1. The summed E-state index contributed by atoms with van der Waals surface area (Å²) in [4.78, 5) is 40.8. The lowest BCUT2D eigenvalue weighted by molar-refractivity contribution is -0.136. The molecule has 3 amide bonds. The van der Waals surface area contributed by atoms with E-state index < -0.39 is 6.04 Å². The molecule has 4 aliphatic rings. The Balaban J connectivity index is 1.31. The van der Waals surface area contributed by atoms with E-state index in [0.29, 0.717) is 24.6 Å². The van der Waals surface area contributed by atoms with Crippen LogP contribution in [0.2, 0.25) is 0 Å². The van der Waals surface area contributed by atoms with Crippen molar-refractivity contribution >= 4 is 17.7 Å². The number of carbonyl (C=O) groups excluding carboxylic acids is 3. The van der Waals surface area contributed by atoms with E-state index in [2.05, 4.69) is 10.2 Å². The Hall–Kier alpha value is -2.45. The summed E-state index contributed by atoms with van der Waals surface area (Å²) in [5, 5.41) is 2.35. The first-order chi connectivity index (χ1) is 15.6. The highest BCUT2D eigenvalue weighted by molar-refractivity contribution is 6.05. The van der Waals surface area contributed by atoms with Gasteiger partial charge in [-0.05, 0) is 49.4 Å². The Bertz CT molecular complexity index is 898. The number of hydrogen-bond acceptors (Lipinski definition) is 6. The van der Waals surface area contributed by atoms with Crippen molar-refractivity contribution in [3.05, 3.63) is 29.3 Å². The Morgan fingerprint density at radius 1 is 1.00 bits per heavy atom. The molecule has 0 spiro atoms. The molecule has 172 valence electrons. The van der Waals surface area contributed by atoms with Gasteiger partial charge in [0.25, 0.3) is 5.91 Å². The van der Waals surface area contributed by atoms with Crippen LogP contribution in [0.3, 0.4) is 0 Å². The highest BCUT2D eigenvalue weighted by atomic mass is 16.5. The van der Waals surface area contributed by atoms with E-state index >= 15 is 0 Å². The number of imide groups is 1. The SMILES string of the molecule is O=C1CCC(N2Cc3cc(O[C@@H]4CCCCC[C@H]4N4CCOCC4)ccc3C2=O)C(=O)N1. The molecule has 1 N–H and O–H groups in total. The van der Waals surface area contributed by atoms with Crippen LogP contribution in [0.4, 0.5) is 0 Å². The Labute approximate surface area is 188 Å². The Kier molecular flexibility index (Phi) is 6.15. The molecule has 3 fully saturated rings. The van der Waals surface area contributed by atoms with Gasteiger partial charge in [0.15, 0.2) is 0 Å². The summed E-state index contributed by atoms with van der Waals surface area (Å²) in [6, 6.07) is 5.45. The summed E-state index contributed by atoms with van der Waals surface area (Å²) < 4.78 is 12.1. The van der Waals surface area contributed by atoms with Gasteiger partial charge in [0.2, 0.25) is 11.8 Å². The van der Waals surface area contributed by atoms with Gasteiger partial charge in [0.1, 0.15) is 17.9 Å². The number of amides is 3. The van der Waals surface area contributed by atoms with Gasteiger partial charge >= 0.3 is 0 Å². The zero-order valence-corrected chi connectivity index (χ0v) is 18.4. The molecule has 1 saturated carbocycles. The van der Waals surface area contributed by atoms with Gasteiger partial charge in [-0.15, -0.1) is 0 Å². The van der Waals surface area contributed by atoms with Crippen LogP contribution >= 0.6 is 0 Å². The van der Waals surface area contributed by atoms with E-state index in [9.17, 15) is 14.4 Å². The molecule has 0 aromatic heterocycles. The molecule has 0 radical (unpaired) electrons. The van der Waals surface area contributed by atoms with E-state index in [-0.39, 0.29) is 30.2 Å². The number of piperidine rings is 1. The molecule has 3 aliphatic heterocycles. The number of nitrogens with zero attached hydrogens (tertiary/aromatic N) is 2. The highest BCUT2D eigenvalue weighted by Gasteiger charge is 2.39. The van der Waals surface area contributed by atoms with Crippen LogP contribution < -0.4 is 10.1 Å². The number of hydrogen-bond donors (Lipinski definition) is 1. The van der Waals surface area contributed by atoms with Crippen LogP contribution in [0.25, 0.3) is 0 Å². The van der Waals surface area contributed by atoms with Crippen LogP contribution in [-0.4, -0.2) is 72.0 Å². The summed E-state index contributed by atoms with van der Waals surface area (Å²) in [7, 11) is 0. The average molecular weight is 442 g/mol. The minimum absolute atomic E-state index is 0.122. The maximum absolute atomic E-state index is 12.9. The van der Waals surface area contributed by atoms with Crippen LogP contribution in [0.5, 0.6) is 5.75 Å². The molecule has 1 aliphatic carbocycles. The fourth-order valence-electron chi connectivity index (χ4n) is 5.52. The molecule has 1 aromatic rings. The number of nitrogens with one attached hydrogen (secondary N) is 1. The molecular weight excluding hydrogens is 410 g/mol. The molecule has 0 bridgehead atoms. The van der Waals surface area contributed by atoms with E-state index in [1.165, 1.54) is 12.8 Å². The van der Waals surface area contributed by atoms with Crippen molar-refractivity contribution in [1.29, 1.82) is 0 Å². The monoisotopic (exact) mass is 441 g/mol. The van der Waals surface area contributed by atoms with Crippen LogP contribution in [-0.2, 0) is 20.9 Å². The van der Waals surface area contributed by atoms with Crippen molar-refractivity contribution in [3.8, 4) is 5.75 Å². The fraction of sp³-hybridized carbons (Fsp3) is 0.625. The third-order valence-electron chi connectivity index (χ3n) is 7.21. The van der Waals surface area contributed by atoms with Crippen LogP contribution in [0, 0.1) is 0 Å². The molecule has 1 unspecified atom stereocenters. The first kappa shape index (κ1) is 21.4. The summed E-state index contributed by atoms with van der Waals surface area (Å²) >= 11 is 0. The van der Waals surface area contributed by atoms with E-state index in [4.69, 9.17) is 9.47 Å². The smallest absolute Gasteiger partial charge is 0.255 e. The first-order valence-electron chi connectivity index (χ1n) is 11.9. The summed E-state index contributed by atoms with van der Waals surface area (Å²) in [5.41, 5.74) is 1.50. The summed E-state index contributed by atoms with van der Waals surface area (Å²) in [6.07, 6.45) is 6.54. The van der Waals surface area contributed by atoms with Gasteiger partial charge in [0, 0.05) is 37.7 Å². The lowest BCUT2D eigenvalue weighted by atomic mass is 10.0. The first-order valence-corrected chi connectivity index (χ1v) is 11.9.